The van der Waals surface area contributed by atoms with Gasteiger partial charge in [0.05, 0.1) is 0 Å². The number of carboxylic acid groups (broad SMARTS) is 1. The predicted molar refractivity (Wildman–Crippen MR) is 39.9 cm³/mol. The van der Waals surface area contributed by atoms with E-state index in [1.54, 1.807) is 12.1 Å². The smallest absolute Gasteiger partial charge is 0.449 e. The van der Waals surface area contributed by atoms with E-state index in [1.807, 2.05) is 0 Å². The molecule has 0 saturated carbocycles. The van der Waals surface area contributed by atoms with Crippen LogP contribution in [0.4, 0.5) is 9.18 Å². The van der Waals surface area contributed by atoms with Crippen LogP contribution in [0.1, 0.15) is 5.56 Å². The van der Waals surface area contributed by atoms with Crippen molar-refractivity contribution < 1.29 is 19.0 Å². The summed E-state index contributed by atoms with van der Waals surface area (Å²) in [6.07, 6.45) is -1.43. The van der Waals surface area contributed by atoms with E-state index in [0.717, 1.165) is 0 Å². The quantitative estimate of drug-likeness (QED) is 0.546. The lowest BCUT2D eigenvalue weighted by Gasteiger charge is -2.02. The van der Waals surface area contributed by atoms with Crippen LogP contribution in [0.15, 0.2) is 24.3 Å². The van der Waals surface area contributed by atoms with Crippen molar-refractivity contribution in [3.63, 3.8) is 0 Å². The number of alkyl halides is 1. The second-order valence-electron chi connectivity index (χ2n) is 2.11. The van der Waals surface area contributed by atoms with Crippen molar-refractivity contribution in [3.8, 4) is 5.75 Å². The number of hydrogen-bond donors (Lipinski definition) is 1. The number of ether oxygens (including phenoxy) is 1. The van der Waals surface area contributed by atoms with Gasteiger partial charge in [0.2, 0.25) is 0 Å². The first kappa shape index (κ1) is 8.52. The maximum absolute atomic E-state index is 12.2. The fourth-order valence-electron chi connectivity index (χ4n) is 0.808. The second-order valence-corrected chi connectivity index (χ2v) is 2.11. The molecule has 0 heterocycles. The van der Waals surface area contributed by atoms with E-state index in [1.165, 1.54) is 12.1 Å². The van der Waals surface area contributed by atoms with Gasteiger partial charge >= 0.3 is 6.16 Å². The second kappa shape index (κ2) is 3.71. The monoisotopic (exact) mass is 170 g/mol. The molecule has 1 aromatic carbocycles. The largest absolute Gasteiger partial charge is 0.511 e. The molecular formula is C8H7FO3. The molecule has 0 spiro atoms. The van der Waals surface area contributed by atoms with Gasteiger partial charge in [0, 0.05) is 5.56 Å². The van der Waals surface area contributed by atoms with Crippen LogP contribution in [0, 0.1) is 0 Å². The van der Waals surface area contributed by atoms with Crippen LogP contribution in [0.25, 0.3) is 0 Å². The topological polar surface area (TPSA) is 46.5 Å². The Labute approximate surface area is 68.4 Å². The Bertz CT molecular complexity index is 285. The standard InChI is InChI=1S/C8H7FO3/c9-5-6-3-1-2-4-7(6)12-8(10)11/h1-4H,5H2,(H,10,11). The van der Waals surface area contributed by atoms with Crippen molar-refractivity contribution >= 4 is 6.16 Å². The van der Waals surface area contributed by atoms with Gasteiger partial charge in [0.25, 0.3) is 0 Å². The van der Waals surface area contributed by atoms with E-state index < -0.39 is 12.8 Å². The number of rotatable bonds is 2. The van der Waals surface area contributed by atoms with Gasteiger partial charge in [0.1, 0.15) is 12.4 Å². The Balaban J connectivity index is 2.89. The van der Waals surface area contributed by atoms with Gasteiger partial charge in [-0.1, -0.05) is 18.2 Å². The molecule has 4 heteroatoms. The molecule has 0 fully saturated rings. The van der Waals surface area contributed by atoms with Crippen molar-refractivity contribution in [3.05, 3.63) is 29.8 Å². The molecule has 1 rings (SSSR count). The summed E-state index contributed by atoms with van der Waals surface area (Å²) in [4.78, 5) is 10.1. The first-order valence-corrected chi connectivity index (χ1v) is 3.28. The minimum atomic E-state index is -1.43. The zero-order chi connectivity index (χ0) is 8.97. The van der Waals surface area contributed by atoms with Crippen LogP contribution in [0.5, 0.6) is 5.75 Å². The minimum Gasteiger partial charge on any atom is -0.449 e. The molecule has 0 aromatic heterocycles. The van der Waals surface area contributed by atoms with Crippen LogP contribution in [-0.2, 0) is 6.67 Å². The highest BCUT2D eigenvalue weighted by Crippen LogP contribution is 2.18. The molecule has 0 amide bonds. The average Bonchev–Trinajstić information content (AvgIpc) is 2.04. The number of benzene rings is 1. The number of hydrogen-bond acceptors (Lipinski definition) is 2. The van der Waals surface area contributed by atoms with Gasteiger partial charge in [0.15, 0.2) is 0 Å². The lowest BCUT2D eigenvalue weighted by Crippen LogP contribution is -2.04. The molecule has 12 heavy (non-hydrogen) atoms. The van der Waals surface area contributed by atoms with Crippen LogP contribution in [0.2, 0.25) is 0 Å². The predicted octanol–water partition coefficient (Wildman–Crippen LogP) is 2.21. The van der Waals surface area contributed by atoms with Gasteiger partial charge in [-0.25, -0.2) is 9.18 Å². The highest BCUT2D eigenvalue weighted by molar-refractivity contribution is 5.61. The summed E-state index contributed by atoms with van der Waals surface area (Å²) in [5.74, 6) is 0.0486. The van der Waals surface area contributed by atoms with E-state index in [4.69, 9.17) is 5.11 Å². The Morgan fingerprint density at radius 2 is 2.17 bits per heavy atom. The summed E-state index contributed by atoms with van der Waals surface area (Å²) >= 11 is 0. The summed E-state index contributed by atoms with van der Waals surface area (Å²) in [5, 5.41) is 8.24. The lowest BCUT2D eigenvalue weighted by molar-refractivity contribution is 0.143. The van der Waals surface area contributed by atoms with Gasteiger partial charge in [-0.2, -0.15) is 0 Å². The molecule has 0 saturated heterocycles. The molecule has 0 aliphatic carbocycles. The summed E-state index contributed by atoms with van der Waals surface area (Å²) in [7, 11) is 0. The van der Waals surface area contributed by atoms with Gasteiger partial charge < -0.3 is 9.84 Å². The van der Waals surface area contributed by atoms with Crippen LogP contribution < -0.4 is 4.74 Å². The minimum absolute atomic E-state index is 0.0486. The van der Waals surface area contributed by atoms with Crippen molar-refractivity contribution in [2.45, 2.75) is 6.67 Å². The third kappa shape index (κ3) is 1.95. The molecule has 1 aromatic rings. The van der Waals surface area contributed by atoms with Crippen LogP contribution in [0.3, 0.4) is 0 Å². The van der Waals surface area contributed by atoms with Gasteiger partial charge in [-0.05, 0) is 6.07 Å². The molecule has 0 atom stereocenters. The Hall–Kier alpha value is -1.58. The molecule has 0 bridgehead atoms. The maximum atomic E-state index is 12.2. The van der Waals surface area contributed by atoms with E-state index in [-0.39, 0.29) is 11.3 Å². The molecule has 0 aliphatic rings. The van der Waals surface area contributed by atoms with Crippen molar-refractivity contribution in [1.29, 1.82) is 0 Å². The van der Waals surface area contributed by atoms with E-state index in [9.17, 15) is 9.18 Å². The van der Waals surface area contributed by atoms with Crippen LogP contribution in [-0.4, -0.2) is 11.3 Å². The fraction of sp³-hybridized carbons (Fsp3) is 0.125. The van der Waals surface area contributed by atoms with E-state index >= 15 is 0 Å². The summed E-state index contributed by atoms with van der Waals surface area (Å²) < 4.78 is 16.5. The maximum Gasteiger partial charge on any atom is 0.511 e. The van der Waals surface area contributed by atoms with Crippen LogP contribution >= 0.6 is 0 Å². The average molecular weight is 170 g/mol. The molecule has 0 aliphatic heterocycles. The zero-order valence-electron chi connectivity index (χ0n) is 6.16. The van der Waals surface area contributed by atoms with Crippen molar-refractivity contribution in [2.75, 3.05) is 0 Å². The summed E-state index contributed by atoms with van der Waals surface area (Å²) in [6, 6.07) is 6.07. The van der Waals surface area contributed by atoms with Gasteiger partial charge in [-0.15, -0.1) is 0 Å². The Morgan fingerprint density at radius 1 is 1.50 bits per heavy atom. The summed E-state index contributed by atoms with van der Waals surface area (Å²) in [6.45, 7) is -0.733. The van der Waals surface area contributed by atoms with Crippen molar-refractivity contribution in [2.24, 2.45) is 0 Å². The Morgan fingerprint density at radius 3 is 2.75 bits per heavy atom. The first-order chi connectivity index (χ1) is 5.74. The number of carbonyl (C=O) groups is 1. The van der Waals surface area contributed by atoms with E-state index in [2.05, 4.69) is 4.74 Å². The highest BCUT2D eigenvalue weighted by Gasteiger charge is 2.05. The normalized spacial score (nSPS) is 9.42. The molecule has 64 valence electrons. The SMILES string of the molecule is O=C(O)Oc1ccccc1CF. The third-order valence-corrected chi connectivity index (χ3v) is 1.31. The number of halogens is 1. The number of para-hydroxylation sites is 1. The first-order valence-electron chi connectivity index (χ1n) is 3.28. The molecule has 0 unspecified atom stereocenters. The fourth-order valence-corrected chi connectivity index (χ4v) is 0.808. The summed E-state index contributed by atoms with van der Waals surface area (Å²) in [5.41, 5.74) is 0.236. The highest BCUT2D eigenvalue weighted by atomic mass is 19.1. The molecule has 3 nitrogen and oxygen atoms in total. The lowest BCUT2D eigenvalue weighted by atomic mass is 10.2. The molecular weight excluding hydrogens is 163 g/mol. The van der Waals surface area contributed by atoms with E-state index in [0.29, 0.717) is 0 Å². The molecule has 1 N–H and O–H groups in total. The van der Waals surface area contributed by atoms with Crippen molar-refractivity contribution in [1.82, 2.24) is 0 Å². The zero-order valence-corrected chi connectivity index (χ0v) is 6.16. The molecule has 0 radical (unpaired) electrons. The van der Waals surface area contributed by atoms with Gasteiger partial charge in [-0.3, -0.25) is 0 Å². The Kier molecular flexibility index (Phi) is 2.63. The third-order valence-electron chi connectivity index (χ3n) is 1.31.